The summed E-state index contributed by atoms with van der Waals surface area (Å²) in [5.74, 6) is -0.308. The predicted octanol–water partition coefficient (Wildman–Crippen LogP) is -1.43. The first-order chi connectivity index (χ1) is 4.55. The second-order valence-corrected chi connectivity index (χ2v) is 4.36. The lowest BCUT2D eigenvalue weighted by atomic mass is 10.2. The summed E-state index contributed by atoms with van der Waals surface area (Å²) < 4.78 is 21.5. The van der Waals surface area contributed by atoms with Crippen LogP contribution in [-0.4, -0.2) is 36.9 Å². The van der Waals surface area contributed by atoms with Crippen LogP contribution in [0.4, 0.5) is 0 Å². The lowest BCUT2D eigenvalue weighted by Gasteiger charge is -1.95. The van der Waals surface area contributed by atoms with E-state index in [2.05, 4.69) is 5.16 Å². The van der Waals surface area contributed by atoms with E-state index in [1.54, 1.807) is 0 Å². The molecule has 5 nitrogen and oxygen atoms in total. The van der Waals surface area contributed by atoms with Crippen LogP contribution in [0.5, 0.6) is 0 Å². The van der Waals surface area contributed by atoms with Crippen molar-refractivity contribution in [2.45, 2.75) is 6.04 Å². The minimum Gasteiger partial charge on any atom is -0.411 e. The number of sulfone groups is 1. The number of nitrogens with two attached hydrogens (primary N) is 1. The lowest BCUT2D eigenvalue weighted by molar-refractivity contribution is 0.317. The Balaban J connectivity index is 2.91. The SMILES string of the molecule is NC1CS(=O)(=O)CC1=NO. The Morgan fingerprint density at radius 2 is 2.30 bits per heavy atom. The largest absolute Gasteiger partial charge is 0.411 e. The summed E-state index contributed by atoms with van der Waals surface area (Å²) in [6.45, 7) is 0. The quantitative estimate of drug-likeness (QED) is 0.339. The molecule has 0 aromatic carbocycles. The molecule has 0 bridgehead atoms. The van der Waals surface area contributed by atoms with Crippen LogP contribution in [0.3, 0.4) is 0 Å². The van der Waals surface area contributed by atoms with Gasteiger partial charge >= 0.3 is 0 Å². The maximum atomic E-state index is 10.7. The molecule has 0 saturated carbocycles. The third kappa shape index (κ3) is 1.27. The lowest BCUT2D eigenvalue weighted by Crippen LogP contribution is -2.28. The van der Waals surface area contributed by atoms with Gasteiger partial charge in [-0.1, -0.05) is 5.16 Å². The second kappa shape index (κ2) is 2.21. The molecule has 0 radical (unpaired) electrons. The van der Waals surface area contributed by atoms with Gasteiger partial charge < -0.3 is 10.9 Å². The molecule has 0 spiro atoms. The van der Waals surface area contributed by atoms with Gasteiger partial charge in [0.1, 0.15) is 0 Å². The van der Waals surface area contributed by atoms with Crippen LogP contribution in [0.15, 0.2) is 5.16 Å². The van der Waals surface area contributed by atoms with Gasteiger partial charge in [-0.15, -0.1) is 0 Å². The maximum Gasteiger partial charge on any atom is 0.157 e. The van der Waals surface area contributed by atoms with Gasteiger partial charge in [-0.2, -0.15) is 0 Å². The summed E-state index contributed by atoms with van der Waals surface area (Å²) >= 11 is 0. The summed E-state index contributed by atoms with van der Waals surface area (Å²) in [6.07, 6.45) is 0. The van der Waals surface area contributed by atoms with E-state index in [-0.39, 0.29) is 17.2 Å². The molecule has 0 aromatic rings. The van der Waals surface area contributed by atoms with Crippen LogP contribution in [0.25, 0.3) is 0 Å². The first-order valence-corrected chi connectivity index (χ1v) is 4.54. The van der Waals surface area contributed by atoms with Crippen LogP contribution in [0.1, 0.15) is 0 Å². The number of nitrogens with zero attached hydrogens (tertiary/aromatic N) is 1. The molecule has 1 rings (SSSR count). The summed E-state index contributed by atoms with van der Waals surface area (Å²) in [6, 6.07) is -0.616. The molecule has 1 fully saturated rings. The summed E-state index contributed by atoms with van der Waals surface area (Å²) in [5.41, 5.74) is 5.45. The molecule has 0 amide bonds. The molecule has 1 atom stereocenters. The van der Waals surface area contributed by atoms with Crippen molar-refractivity contribution in [3.8, 4) is 0 Å². The molecule has 10 heavy (non-hydrogen) atoms. The number of oxime groups is 1. The fraction of sp³-hybridized carbons (Fsp3) is 0.750. The molecule has 1 unspecified atom stereocenters. The van der Waals surface area contributed by atoms with Crippen molar-refractivity contribution >= 4 is 15.5 Å². The van der Waals surface area contributed by atoms with Gasteiger partial charge in [0.05, 0.1) is 23.3 Å². The highest BCUT2D eigenvalue weighted by Gasteiger charge is 2.31. The zero-order chi connectivity index (χ0) is 7.78. The van der Waals surface area contributed by atoms with Crippen molar-refractivity contribution < 1.29 is 13.6 Å². The minimum atomic E-state index is -3.07. The fourth-order valence-corrected chi connectivity index (χ4v) is 2.44. The smallest absolute Gasteiger partial charge is 0.157 e. The molecule has 1 aliphatic heterocycles. The Hall–Kier alpha value is -0.620. The molecule has 0 aromatic heterocycles. The molecule has 58 valence electrons. The fourth-order valence-electron chi connectivity index (χ4n) is 0.864. The molecule has 1 heterocycles. The summed E-state index contributed by atoms with van der Waals surface area (Å²) in [5, 5.41) is 11.0. The number of rotatable bonds is 0. The van der Waals surface area contributed by atoms with Gasteiger partial charge in [-0.05, 0) is 0 Å². The average molecular weight is 164 g/mol. The van der Waals surface area contributed by atoms with E-state index >= 15 is 0 Å². The Bertz CT molecular complexity index is 256. The van der Waals surface area contributed by atoms with Crippen molar-refractivity contribution in [3.05, 3.63) is 0 Å². The molecular formula is C4H8N2O3S. The van der Waals surface area contributed by atoms with E-state index in [9.17, 15) is 8.42 Å². The normalized spacial score (nSPS) is 34.9. The van der Waals surface area contributed by atoms with E-state index < -0.39 is 15.9 Å². The van der Waals surface area contributed by atoms with Crippen LogP contribution >= 0.6 is 0 Å². The monoisotopic (exact) mass is 164 g/mol. The molecule has 0 aliphatic carbocycles. The summed E-state index contributed by atoms with van der Waals surface area (Å²) in [7, 11) is -3.07. The zero-order valence-corrected chi connectivity index (χ0v) is 6.00. The molecule has 1 aliphatic rings. The standard InChI is InChI=1S/C4H8N2O3S/c5-3-1-10(8,9)2-4(3)6-7/h3,7H,1-2,5H2. The van der Waals surface area contributed by atoms with Crippen molar-refractivity contribution in [1.29, 1.82) is 0 Å². The van der Waals surface area contributed by atoms with Crippen molar-refractivity contribution in [2.75, 3.05) is 11.5 Å². The molecule has 6 heteroatoms. The third-order valence-corrected chi connectivity index (χ3v) is 2.96. The Labute approximate surface area is 58.4 Å². The van der Waals surface area contributed by atoms with Crippen LogP contribution < -0.4 is 5.73 Å². The van der Waals surface area contributed by atoms with Gasteiger partial charge in [0.2, 0.25) is 0 Å². The molecule has 3 N–H and O–H groups in total. The topological polar surface area (TPSA) is 92.8 Å². The van der Waals surface area contributed by atoms with Crippen molar-refractivity contribution in [1.82, 2.24) is 0 Å². The van der Waals surface area contributed by atoms with Gasteiger partial charge in [-0.25, -0.2) is 8.42 Å². The van der Waals surface area contributed by atoms with E-state index in [1.165, 1.54) is 0 Å². The van der Waals surface area contributed by atoms with Crippen molar-refractivity contribution in [2.24, 2.45) is 10.9 Å². The Morgan fingerprint density at radius 3 is 2.50 bits per heavy atom. The average Bonchev–Trinajstić information content (AvgIpc) is 2.05. The van der Waals surface area contributed by atoms with Crippen LogP contribution in [0.2, 0.25) is 0 Å². The van der Waals surface area contributed by atoms with E-state index in [0.717, 1.165) is 0 Å². The first kappa shape index (κ1) is 7.49. The Morgan fingerprint density at radius 1 is 1.70 bits per heavy atom. The minimum absolute atomic E-state index is 0.105. The van der Waals surface area contributed by atoms with E-state index in [1.807, 2.05) is 0 Å². The van der Waals surface area contributed by atoms with Crippen molar-refractivity contribution in [3.63, 3.8) is 0 Å². The molecule has 1 saturated heterocycles. The first-order valence-electron chi connectivity index (χ1n) is 2.72. The number of hydrogen-bond donors (Lipinski definition) is 2. The highest BCUT2D eigenvalue weighted by molar-refractivity contribution is 7.92. The predicted molar refractivity (Wildman–Crippen MR) is 35.9 cm³/mol. The Kier molecular flexibility index (Phi) is 1.65. The van der Waals surface area contributed by atoms with Crippen LogP contribution in [0, 0.1) is 0 Å². The van der Waals surface area contributed by atoms with Gasteiger partial charge in [0.25, 0.3) is 0 Å². The van der Waals surface area contributed by atoms with E-state index in [0.29, 0.717) is 0 Å². The second-order valence-electron chi connectivity index (χ2n) is 2.25. The van der Waals surface area contributed by atoms with Gasteiger partial charge in [0, 0.05) is 0 Å². The highest BCUT2D eigenvalue weighted by Crippen LogP contribution is 2.06. The molecular weight excluding hydrogens is 156 g/mol. The summed E-state index contributed by atoms with van der Waals surface area (Å²) in [4.78, 5) is 0. The third-order valence-electron chi connectivity index (χ3n) is 1.36. The van der Waals surface area contributed by atoms with E-state index in [4.69, 9.17) is 10.9 Å². The number of hydrogen-bond acceptors (Lipinski definition) is 5. The van der Waals surface area contributed by atoms with Crippen LogP contribution in [-0.2, 0) is 9.84 Å². The zero-order valence-electron chi connectivity index (χ0n) is 5.19. The highest BCUT2D eigenvalue weighted by atomic mass is 32.2. The van der Waals surface area contributed by atoms with Gasteiger partial charge in [-0.3, -0.25) is 0 Å². The van der Waals surface area contributed by atoms with Gasteiger partial charge in [0.15, 0.2) is 9.84 Å². The maximum absolute atomic E-state index is 10.7.